The number of para-hydroxylation sites is 1. The Morgan fingerprint density at radius 3 is 2.64 bits per heavy atom. The summed E-state index contributed by atoms with van der Waals surface area (Å²) in [6.45, 7) is 1.35. The van der Waals surface area contributed by atoms with Crippen LogP contribution < -0.4 is 4.90 Å². The van der Waals surface area contributed by atoms with Gasteiger partial charge in [-0.2, -0.15) is 0 Å². The molecule has 2 heterocycles. The molecule has 0 aliphatic heterocycles. The van der Waals surface area contributed by atoms with Crippen molar-refractivity contribution in [2.75, 3.05) is 32.1 Å². The highest BCUT2D eigenvalue weighted by Crippen LogP contribution is 2.32. The van der Waals surface area contributed by atoms with Gasteiger partial charge in [0.05, 0.1) is 13.9 Å². The number of benzene rings is 1. The SMILES string of the molecule is CN(C)CCCN(C(=O)c1ccc(Cl)s1)c1nc2c(F)cccc2s1. The number of fused-ring (bicyclic) bond motifs is 1. The minimum atomic E-state index is -0.375. The standard InChI is InChI=1S/C17H17ClFN3OS2/c1-21(2)9-4-10-22(16(23)13-7-8-14(18)24-13)17-20-15-11(19)5-3-6-12(15)25-17/h3,5-8H,4,9-10H2,1-2H3. The van der Waals surface area contributed by atoms with Crippen LogP contribution in [0.15, 0.2) is 30.3 Å². The van der Waals surface area contributed by atoms with Gasteiger partial charge in [0.15, 0.2) is 5.13 Å². The molecule has 3 rings (SSSR count). The molecule has 132 valence electrons. The van der Waals surface area contributed by atoms with Gasteiger partial charge in [-0.3, -0.25) is 9.69 Å². The van der Waals surface area contributed by atoms with E-state index in [1.807, 2.05) is 20.2 Å². The van der Waals surface area contributed by atoms with Crippen molar-refractivity contribution >= 4 is 55.5 Å². The van der Waals surface area contributed by atoms with E-state index in [1.54, 1.807) is 23.1 Å². The quantitative estimate of drug-likeness (QED) is 0.602. The largest absolute Gasteiger partial charge is 0.309 e. The number of amides is 1. The van der Waals surface area contributed by atoms with Crippen molar-refractivity contribution in [2.24, 2.45) is 0 Å². The van der Waals surface area contributed by atoms with Gasteiger partial charge in [0.25, 0.3) is 5.91 Å². The van der Waals surface area contributed by atoms with Gasteiger partial charge in [-0.25, -0.2) is 9.37 Å². The molecule has 2 aromatic heterocycles. The lowest BCUT2D eigenvalue weighted by Gasteiger charge is -2.20. The van der Waals surface area contributed by atoms with Crippen molar-refractivity contribution in [1.29, 1.82) is 0 Å². The highest BCUT2D eigenvalue weighted by molar-refractivity contribution is 7.22. The Kier molecular flexibility index (Phi) is 5.68. The molecule has 0 aliphatic carbocycles. The molecule has 0 bridgehead atoms. The topological polar surface area (TPSA) is 36.4 Å². The van der Waals surface area contributed by atoms with Gasteiger partial charge < -0.3 is 4.90 Å². The molecule has 0 saturated heterocycles. The van der Waals surface area contributed by atoms with Gasteiger partial charge in [0.1, 0.15) is 11.3 Å². The lowest BCUT2D eigenvalue weighted by atomic mass is 10.3. The first-order chi connectivity index (χ1) is 12.0. The van der Waals surface area contributed by atoms with Crippen LogP contribution in [0.2, 0.25) is 4.34 Å². The van der Waals surface area contributed by atoms with Crippen LogP contribution in [-0.2, 0) is 0 Å². The van der Waals surface area contributed by atoms with Crippen molar-refractivity contribution in [3.63, 3.8) is 0 Å². The third kappa shape index (κ3) is 4.17. The van der Waals surface area contributed by atoms with Crippen LogP contribution in [0, 0.1) is 5.82 Å². The number of hydrogen-bond donors (Lipinski definition) is 0. The number of halogens is 2. The van der Waals surface area contributed by atoms with Gasteiger partial charge in [0.2, 0.25) is 0 Å². The zero-order valence-electron chi connectivity index (χ0n) is 13.8. The van der Waals surface area contributed by atoms with E-state index in [0.717, 1.165) is 17.7 Å². The average Bonchev–Trinajstić information content (AvgIpc) is 3.18. The molecule has 0 fully saturated rings. The normalized spacial score (nSPS) is 11.4. The predicted molar refractivity (Wildman–Crippen MR) is 104 cm³/mol. The van der Waals surface area contributed by atoms with Crippen molar-refractivity contribution < 1.29 is 9.18 Å². The fourth-order valence-electron chi connectivity index (χ4n) is 2.41. The van der Waals surface area contributed by atoms with Crippen LogP contribution in [0.5, 0.6) is 0 Å². The molecular formula is C17H17ClFN3OS2. The first kappa shape index (κ1) is 18.3. The Morgan fingerprint density at radius 2 is 2.00 bits per heavy atom. The lowest BCUT2D eigenvalue weighted by molar-refractivity contribution is 0.0990. The molecule has 0 N–H and O–H groups in total. The molecule has 3 aromatic rings. The number of anilines is 1. The van der Waals surface area contributed by atoms with E-state index >= 15 is 0 Å². The molecule has 0 aliphatic rings. The number of carbonyl (C=O) groups is 1. The summed E-state index contributed by atoms with van der Waals surface area (Å²) in [5.41, 5.74) is 0.303. The maximum atomic E-state index is 14.0. The summed E-state index contributed by atoms with van der Waals surface area (Å²) in [6, 6.07) is 8.25. The third-order valence-corrected chi connectivity index (χ3v) is 5.87. The summed E-state index contributed by atoms with van der Waals surface area (Å²) in [7, 11) is 3.97. The monoisotopic (exact) mass is 397 g/mol. The number of carbonyl (C=O) groups excluding carboxylic acids is 1. The molecule has 0 spiro atoms. The third-order valence-electron chi connectivity index (χ3n) is 3.61. The Labute approximate surface area is 158 Å². The summed E-state index contributed by atoms with van der Waals surface area (Å²) in [5, 5.41) is 0.508. The van der Waals surface area contributed by atoms with Crippen LogP contribution in [0.4, 0.5) is 9.52 Å². The van der Waals surface area contributed by atoms with E-state index in [1.165, 1.54) is 28.7 Å². The van der Waals surface area contributed by atoms with Crippen LogP contribution in [0.1, 0.15) is 16.1 Å². The predicted octanol–water partition coefficient (Wildman–Crippen LogP) is 4.75. The maximum Gasteiger partial charge on any atom is 0.270 e. The highest BCUT2D eigenvalue weighted by atomic mass is 35.5. The van der Waals surface area contributed by atoms with Gasteiger partial charge >= 0.3 is 0 Å². The number of nitrogens with zero attached hydrogens (tertiary/aromatic N) is 3. The van der Waals surface area contributed by atoms with Crippen LogP contribution in [0.25, 0.3) is 10.2 Å². The fourth-order valence-corrected chi connectivity index (χ4v) is 4.41. The first-order valence-electron chi connectivity index (χ1n) is 7.72. The molecule has 1 aromatic carbocycles. The second-order valence-corrected chi connectivity index (χ2v) is 8.52. The minimum Gasteiger partial charge on any atom is -0.309 e. The molecule has 0 radical (unpaired) electrons. The minimum absolute atomic E-state index is 0.157. The van der Waals surface area contributed by atoms with Gasteiger partial charge in [-0.1, -0.05) is 29.0 Å². The zero-order chi connectivity index (χ0) is 18.0. The average molecular weight is 398 g/mol. The summed E-state index contributed by atoms with van der Waals surface area (Å²) < 4.78 is 15.3. The second-order valence-electron chi connectivity index (χ2n) is 5.80. The summed E-state index contributed by atoms with van der Waals surface area (Å²) in [5.74, 6) is -0.532. The first-order valence-corrected chi connectivity index (χ1v) is 9.74. The number of thiazole rings is 1. The number of thiophene rings is 1. The molecule has 0 unspecified atom stereocenters. The summed E-state index contributed by atoms with van der Waals surface area (Å²) >= 11 is 8.52. The van der Waals surface area contributed by atoms with Crippen molar-refractivity contribution in [3.05, 3.63) is 45.4 Å². The van der Waals surface area contributed by atoms with E-state index in [4.69, 9.17) is 11.6 Å². The van der Waals surface area contributed by atoms with Gasteiger partial charge in [-0.05, 0) is 51.3 Å². The Morgan fingerprint density at radius 1 is 1.20 bits per heavy atom. The lowest BCUT2D eigenvalue weighted by Crippen LogP contribution is -2.32. The Hall–Kier alpha value is -1.54. The zero-order valence-corrected chi connectivity index (χ0v) is 16.2. The summed E-state index contributed by atoms with van der Waals surface area (Å²) in [4.78, 5) is 21.5. The fraction of sp³-hybridized carbons (Fsp3) is 0.294. The molecule has 1 amide bonds. The molecular weight excluding hydrogens is 381 g/mol. The van der Waals surface area contributed by atoms with Crippen molar-refractivity contribution in [2.45, 2.75) is 6.42 Å². The highest BCUT2D eigenvalue weighted by Gasteiger charge is 2.23. The molecule has 0 atom stereocenters. The Bertz CT molecular complexity index is 893. The second kappa shape index (κ2) is 7.78. The van der Waals surface area contributed by atoms with E-state index in [0.29, 0.717) is 26.4 Å². The van der Waals surface area contributed by atoms with Crippen LogP contribution in [-0.4, -0.2) is 43.0 Å². The van der Waals surface area contributed by atoms with Crippen molar-refractivity contribution in [3.8, 4) is 0 Å². The van der Waals surface area contributed by atoms with Gasteiger partial charge in [-0.15, -0.1) is 11.3 Å². The molecule has 8 heteroatoms. The van der Waals surface area contributed by atoms with E-state index < -0.39 is 0 Å². The molecule has 0 saturated carbocycles. The maximum absolute atomic E-state index is 14.0. The van der Waals surface area contributed by atoms with Crippen LogP contribution >= 0.6 is 34.3 Å². The summed E-state index contributed by atoms with van der Waals surface area (Å²) in [6.07, 6.45) is 0.788. The molecule has 4 nitrogen and oxygen atoms in total. The smallest absolute Gasteiger partial charge is 0.270 e. The van der Waals surface area contributed by atoms with E-state index in [2.05, 4.69) is 9.88 Å². The van der Waals surface area contributed by atoms with E-state index in [9.17, 15) is 9.18 Å². The Balaban J connectivity index is 1.93. The van der Waals surface area contributed by atoms with Gasteiger partial charge in [0, 0.05) is 6.54 Å². The van der Waals surface area contributed by atoms with Crippen molar-refractivity contribution in [1.82, 2.24) is 9.88 Å². The van der Waals surface area contributed by atoms with Crippen LogP contribution in [0.3, 0.4) is 0 Å². The number of hydrogen-bond acceptors (Lipinski definition) is 5. The number of aromatic nitrogens is 1. The molecule has 25 heavy (non-hydrogen) atoms. The van der Waals surface area contributed by atoms with E-state index in [-0.39, 0.29) is 11.7 Å². The number of rotatable bonds is 6.